The van der Waals surface area contributed by atoms with Crippen LogP contribution in [0, 0.1) is 0 Å². The van der Waals surface area contributed by atoms with E-state index in [1.165, 1.54) is 104 Å². The lowest BCUT2D eigenvalue weighted by Crippen LogP contribution is -1.88. The smallest absolute Gasteiger partial charge is 0.0620 e. The Morgan fingerprint density at radius 3 is 1.63 bits per heavy atom. The van der Waals surface area contributed by atoms with E-state index in [0.29, 0.717) is 11.8 Å². The van der Waals surface area contributed by atoms with Gasteiger partial charge in [0.2, 0.25) is 0 Å². The summed E-state index contributed by atoms with van der Waals surface area (Å²) in [6.07, 6.45) is 0. The summed E-state index contributed by atoms with van der Waals surface area (Å²) in [5.74, 6) is 0.990. The summed E-state index contributed by atoms with van der Waals surface area (Å²) in [7, 11) is 0. The number of aromatic amines is 1. The molecule has 0 aliphatic carbocycles. The van der Waals surface area contributed by atoms with Crippen LogP contribution in [0.4, 0.5) is 0 Å². The highest BCUT2D eigenvalue weighted by Crippen LogP contribution is 2.44. The van der Waals surface area contributed by atoms with Crippen molar-refractivity contribution in [1.82, 2.24) is 9.38 Å². The first-order valence-corrected chi connectivity index (χ1v) is 16.6. The van der Waals surface area contributed by atoms with Crippen molar-refractivity contribution in [1.29, 1.82) is 0 Å². The molecule has 1 N–H and O–H groups in total. The monoisotopic (exact) mass is 590 g/mol. The van der Waals surface area contributed by atoms with Crippen LogP contribution in [-0.2, 0) is 0 Å². The van der Waals surface area contributed by atoms with Crippen molar-refractivity contribution in [2.24, 2.45) is 0 Å². The molecule has 0 bridgehead atoms. The fourth-order valence-electron chi connectivity index (χ4n) is 7.99. The second kappa shape index (κ2) is 9.11. The average molecular weight is 591 g/mol. The van der Waals surface area contributed by atoms with Gasteiger partial charge in [-0.3, -0.25) is 0 Å². The number of para-hydroxylation sites is 1. The number of nitrogens with zero attached hydrogens (tertiary/aromatic N) is 1. The molecule has 0 saturated heterocycles. The molecular weight excluding hydrogens is 556 g/mol. The summed E-state index contributed by atoms with van der Waals surface area (Å²) >= 11 is 0. The molecule has 0 unspecified atom stereocenters. The second-order valence-corrected chi connectivity index (χ2v) is 13.9. The van der Waals surface area contributed by atoms with E-state index in [4.69, 9.17) is 0 Å². The van der Waals surface area contributed by atoms with Crippen molar-refractivity contribution in [3.8, 4) is 11.1 Å². The maximum Gasteiger partial charge on any atom is 0.0620 e. The van der Waals surface area contributed by atoms with Gasteiger partial charge >= 0.3 is 0 Å². The molecule has 0 radical (unpaired) electrons. The van der Waals surface area contributed by atoms with Gasteiger partial charge in [0.1, 0.15) is 0 Å². The number of nitrogens with one attached hydrogen (secondary N) is 1. The molecule has 7 aromatic carbocycles. The number of hydrogen-bond donors (Lipinski definition) is 1. The second-order valence-electron chi connectivity index (χ2n) is 13.9. The van der Waals surface area contributed by atoms with E-state index in [0.717, 1.165) is 0 Å². The van der Waals surface area contributed by atoms with Gasteiger partial charge in [0.05, 0.1) is 16.6 Å². The van der Waals surface area contributed by atoms with E-state index in [1.54, 1.807) is 0 Å². The number of hydrogen-bond acceptors (Lipinski definition) is 0. The van der Waals surface area contributed by atoms with Crippen molar-refractivity contribution in [2.75, 3.05) is 0 Å². The van der Waals surface area contributed by atoms with Crippen LogP contribution in [0.15, 0.2) is 115 Å². The topological polar surface area (TPSA) is 20.2 Å². The summed E-state index contributed by atoms with van der Waals surface area (Å²) < 4.78 is 2.53. The van der Waals surface area contributed by atoms with Crippen LogP contribution < -0.4 is 0 Å². The average Bonchev–Trinajstić information content (AvgIpc) is 3.71. The molecule has 2 nitrogen and oxygen atoms in total. The van der Waals surface area contributed by atoms with Gasteiger partial charge in [0.15, 0.2) is 0 Å². The minimum absolute atomic E-state index is 0.495. The fourth-order valence-corrected chi connectivity index (χ4v) is 7.99. The molecule has 46 heavy (non-hydrogen) atoms. The molecule has 0 fully saturated rings. The summed E-state index contributed by atoms with van der Waals surface area (Å²) in [6.45, 7) is 9.10. The molecule has 0 amide bonds. The van der Waals surface area contributed by atoms with Gasteiger partial charge < -0.3 is 9.38 Å². The quantitative estimate of drug-likeness (QED) is 0.211. The standard InChI is InChI=1S/C44H34N2/c1-24(2)26-9-11-29-22-42-36(17-31(29)15-26)38-19-33(28-13-14-35-34-7-5-6-8-40(34)45-41(35)21-28)20-39-37-18-32-16-27(25(3)4)10-12-30(32)23-43(37)46(42)44(38)39/h5-25,45H,1-4H3. The van der Waals surface area contributed by atoms with Gasteiger partial charge in [-0.15, -0.1) is 0 Å². The molecule has 10 aromatic rings. The zero-order valence-corrected chi connectivity index (χ0v) is 26.6. The Kier molecular flexibility index (Phi) is 5.14. The highest BCUT2D eigenvalue weighted by Gasteiger charge is 2.21. The van der Waals surface area contributed by atoms with Gasteiger partial charge in [-0.05, 0) is 104 Å². The zero-order chi connectivity index (χ0) is 30.8. The first-order valence-electron chi connectivity index (χ1n) is 16.6. The first-order chi connectivity index (χ1) is 22.4. The minimum atomic E-state index is 0.495. The molecule has 10 rings (SSSR count). The fraction of sp³-hybridized carbons (Fsp3) is 0.136. The summed E-state index contributed by atoms with van der Waals surface area (Å²) in [5, 5.41) is 13.0. The lowest BCUT2D eigenvalue weighted by Gasteiger charge is -2.09. The van der Waals surface area contributed by atoms with Crippen LogP contribution in [0.1, 0.15) is 50.7 Å². The van der Waals surface area contributed by atoms with Crippen LogP contribution in [-0.4, -0.2) is 9.38 Å². The van der Waals surface area contributed by atoms with Crippen molar-refractivity contribution in [3.05, 3.63) is 126 Å². The Labute approximate surface area is 267 Å². The van der Waals surface area contributed by atoms with Crippen LogP contribution in [0.3, 0.4) is 0 Å². The van der Waals surface area contributed by atoms with E-state index in [1.807, 2.05) is 0 Å². The summed E-state index contributed by atoms with van der Waals surface area (Å²) in [5.41, 5.74) is 11.5. The third-order valence-corrected chi connectivity index (χ3v) is 10.5. The number of aromatic nitrogens is 2. The number of H-pyrrole nitrogens is 1. The number of fused-ring (bicyclic) bond motifs is 11. The lowest BCUT2D eigenvalue weighted by atomic mass is 9.95. The van der Waals surface area contributed by atoms with E-state index in [9.17, 15) is 0 Å². The van der Waals surface area contributed by atoms with Crippen LogP contribution in [0.25, 0.3) is 92.6 Å². The Bertz CT molecular complexity index is 2720. The van der Waals surface area contributed by atoms with E-state index < -0.39 is 0 Å². The number of rotatable bonds is 3. The molecular formula is C44H34N2. The number of benzene rings is 7. The maximum atomic E-state index is 3.67. The zero-order valence-electron chi connectivity index (χ0n) is 26.6. The van der Waals surface area contributed by atoms with Crippen molar-refractivity contribution >= 4 is 81.4 Å². The van der Waals surface area contributed by atoms with E-state index in [2.05, 4.69) is 152 Å². The third kappa shape index (κ3) is 3.53. The van der Waals surface area contributed by atoms with Gasteiger partial charge in [0, 0.05) is 43.4 Å². The van der Waals surface area contributed by atoms with Crippen molar-refractivity contribution < 1.29 is 0 Å². The molecule has 0 atom stereocenters. The lowest BCUT2D eigenvalue weighted by molar-refractivity contribution is 0.869. The summed E-state index contributed by atoms with van der Waals surface area (Å²) in [6, 6.07) is 44.0. The predicted molar refractivity (Wildman–Crippen MR) is 199 cm³/mol. The van der Waals surface area contributed by atoms with Gasteiger partial charge in [-0.25, -0.2) is 0 Å². The highest BCUT2D eigenvalue weighted by atomic mass is 14.9. The molecule has 2 heteroatoms. The predicted octanol–water partition coefficient (Wildman–Crippen LogP) is 12.7. The van der Waals surface area contributed by atoms with Gasteiger partial charge in [-0.1, -0.05) is 94.4 Å². The maximum absolute atomic E-state index is 3.67. The van der Waals surface area contributed by atoms with Crippen molar-refractivity contribution in [3.63, 3.8) is 0 Å². The Morgan fingerprint density at radius 1 is 0.435 bits per heavy atom. The normalized spacial score (nSPS) is 12.7. The van der Waals surface area contributed by atoms with Crippen LogP contribution >= 0.6 is 0 Å². The molecule has 220 valence electrons. The largest absolute Gasteiger partial charge is 0.354 e. The van der Waals surface area contributed by atoms with E-state index >= 15 is 0 Å². The molecule has 0 saturated carbocycles. The Hall–Kier alpha value is -5.34. The highest BCUT2D eigenvalue weighted by molar-refractivity contribution is 6.27. The third-order valence-electron chi connectivity index (χ3n) is 10.5. The van der Waals surface area contributed by atoms with Crippen LogP contribution in [0.5, 0.6) is 0 Å². The SMILES string of the molecule is CC(C)c1ccc2cc3c(cc2c1)c1cc(-c2ccc4c(c2)[nH]c2ccccc24)cc2c4cc5cc(C(C)C)ccc5cc4n3c12. The van der Waals surface area contributed by atoms with Gasteiger partial charge in [-0.2, -0.15) is 0 Å². The Morgan fingerprint density at radius 2 is 1.02 bits per heavy atom. The van der Waals surface area contributed by atoms with Crippen LogP contribution in [0.2, 0.25) is 0 Å². The molecule has 3 aromatic heterocycles. The molecule has 3 heterocycles. The van der Waals surface area contributed by atoms with E-state index in [-0.39, 0.29) is 0 Å². The first kappa shape index (κ1) is 25.9. The van der Waals surface area contributed by atoms with Crippen molar-refractivity contribution in [2.45, 2.75) is 39.5 Å². The summed E-state index contributed by atoms with van der Waals surface area (Å²) in [4.78, 5) is 3.67. The van der Waals surface area contributed by atoms with Gasteiger partial charge in [0.25, 0.3) is 0 Å². The minimum Gasteiger partial charge on any atom is -0.354 e. The molecule has 0 spiro atoms. The molecule has 0 aliphatic rings. The molecule has 0 aliphatic heterocycles. The Balaban J connectivity index is 1.33.